The first kappa shape index (κ1) is 21.3. The number of nitrogens with zero attached hydrogens (tertiary/aromatic N) is 4. The highest BCUT2D eigenvalue weighted by molar-refractivity contribution is 14.0. The third kappa shape index (κ3) is 6.56. The Balaban J connectivity index is 0.00000312. The summed E-state index contributed by atoms with van der Waals surface area (Å²) in [6.07, 6.45) is 2.89. The monoisotopic (exact) mass is 464 g/mol. The predicted octanol–water partition coefficient (Wildman–Crippen LogP) is 2.14. The Morgan fingerprint density at radius 1 is 1.24 bits per heavy atom. The van der Waals surface area contributed by atoms with E-state index in [9.17, 15) is 8.78 Å². The van der Waals surface area contributed by atoms with Crippen LogP contribution in [-0.2, 0) is 19.4 Å². The van der Waals surface area contributed by atoms with Crippen molar-refractivity contribution in [2.75, 3.05) is 20.1 Å². The highest BCUT2D eigenvalue weighted by atomic mass is 127. The molecule has 0 spiro atoms. The van der Waals surface area contributed by atoms with Gasteiger partial charge in [0.2, 0.25) is 0 Å². The van der Waals surface area contributed by atoms with Gasteiger partial charge in [-0.1, -0.05) is 6.92 Å². The van der Waals surface area contributed by atoms with E-state index in [1.165, 1.54) is 6.07 Å². The van der Waals surface area contributed by atoms with Crippen LogP contribution in [0.25, 0.3) is 0 Å². The number of aromatic nitrogens is 3. The van der Waals surface area contributed by atoms with Crippen molar-refractivity contribution in [1.29, 1.82) is 0 Å². The summed E-state index contributed by atoms with van der Waals surface area (Å²) in [6, 6.07) is 3.47. The first-order valence-corrected chi connectivity index (χ1v) is 7.89. The summed E-state index contributed by atoms with van der Waals surface area (Å²) in [7, 11) is 1.66. The predicted molar refractivity (Wildman–Crippen MR) is 104 cm³/mol. The smallest absolute Gasteiger partial charge is 0.191 e. The van der Waals surface area contributed by atoms with Crippen LogP contribution in [0.3, 0.4) is 0 Å². The second kappa shape index (κ2) is 11.0. The van der Waals surface area contributed by atoms with E-state index in [0.717, 1.165) is 30.9 Å². The second-order valence-corrected chi connectivity index (χ2v) is 5.21. The lowest BCUT2D eigenvalue weighted by atomic mass is 10.1. The Morgan fingerprint density at radius 2 is 2.00 bits per heavy atom. The fourth-order valence-corrected chi connectivity index (χ4v) is 2.31. The van der Waals surface area contributed by atoms with Gasteiger partial charge in [0, 0.05) is 33.1 Å². The van der Waals surface area contributed by atoms with Gasteiger partial charge >= 0.3 is 0 Å². The summed E-state index contributed by atoms with van der Waals surface area (Å²) in [4.78, 5) is 4.11. The van der Waals surface area contributed by atoms with Crippen LogP contribution in [0.4, 0.5) is 8.78 Å². The van der Waals surface area contributed by atoms with Crippen LogP contribution in [-0.4, -0.2) is 40.9 Å². The topological polar surface area (TPSA) is 67.1 Å². The molecule has 0 radical (unpaired) electrons. The number of halogens is 3. The van der Waals surface area contributed by atoms with Gasteiger partial charge in [0.25, 0.3) is 0 Å². The Bertz CT molecular complexity index is 689. The summed E-state index contributed by atoms with van der Waals surface area (Å²) in [6.45, 7) is 3.85. The summed E-state index contributed by atoms with van der Waals surface area (Å²) in [5, 5.41) is 14.2. The van der Waals surface area contributed by atoms with Gasteiger partial charge in [0.1, 0.15) is 23.8 Å². The van der Waals surface area contributed by atoms with Crippen LogP contribution in [0.5, 0.6) is 0 Å². The van der Waals surface area contributed by atoms with Crippen molar-refractivity contribution in [3.05, 3.63) is 47.5 Å². The zero-order valence-corrected chi connectivity index (χ0v) is 16.6. The van der Waals surface area contributed by atoms with Crippen LogP contribution >= 0.6 is 24.0 Å². The van der Waals surface area contributed by atoms with Gasteiger partial charge in [-0.3, -0.25) is 4.99 Å². The standard InChI is InChI=1S/C16H22F2N6.HI/c1-3-15-23-22-11-24(15)9-8-21-16(19-2)20-7-6-12-10-13(17)4-5-14(12)18;/h4-5,10-11H,3,6-9H2,1-2H3,(H2,19,20,21);1H. The number of rotatable bonds is 7. The summed E-state index contributed by atoms with van der Waals surface area (Å²) in [5.41, 5.74) is 0.343. The Labute approximate surface area is 163 Å². The van der Waals surface area contributed by atoms with Crippen molar-refractivity contribution in [3.8, 4) is 0 Å². The van der Waals surface area contributed by atoms with Gasteiger partial charge in [0.05, 0.1) is 0 Å². The van der Waals surface area contributed by atoms with E-state index in [1.807, 2.05) is 11.5 Å². The molecule has 0 fully saturated rings. The van der Waals surface area contributed by atoms with Crippen LogP contribution in [0.2, 0.25) is 0 Å². The van der Waals surface area contributed by atoms with Gasteiger partial charge < -0.3 is 15.2 Å². The molecule has 0 bridgehead atoms. The molecule has 2 rings (SSSR count). The molecular weight excluding hydrogens is 441 g/mol. The molecule has 0 aliphatic heterocycles. The van der Waals surface area contributed by atoms with Crippen molar-refractivity contribution in [2.24, 2.45) is 4.99 Å². The zero-order valence-electron chi connectivity index (χ0n) is 14.3. The third-order valence-corrected chi connectivity index (χ3v) is 3.58. The Kier molecular flexibility index (Phi) is 9.32. The van der Waals surface area contributed by atoms with E-state index in [4.69, 9.17) is 0 Å². The average Bonchev–Trinajstić information content (AvgIpc) is 3.04. The minimum Gasteiger partial charge on any atom is -0.356 e. The van der Waals surface area contributed by atoms with Crippen LogP contribution in [0, 0.1) is 11.6 Å². The molecule has 0 amide bonds. The van der Waals surface area contributed by atoms with Crippen molar-refractivity contribution < 1.29 is 8.78 Å². The fourth-order valence-electron chi connectivity index (χ4n) is 2.31. The van der Waals surface area contributed by atoms with Crippen molar-refractivity contribution in [2.45, 2.75) is 26.3 Å². The van der Waals surface area contributed by atoms with E-state index in [-0.39, 0.29) is 24.0 Å². The van der Waals surface area contributed by atoms with E-state index >= 15 is 0 Å². The van der Waals surface area contributed by atoms with Gasteiger partial charge in [-0.25, -0.2) is 8.78 Å². The third-order valence-electron chi connectivity index (χ3n) is 3.58. The minimum absolute atomic E-state index is 0. The lowest BCUT2D eigenvalue weighted by Crippen LogP contribution is -2.39. The molecule has 0 aliphatic carbocycles. The number of aliphatic imine (C=N–C) groups is 1. The molecule has 6 nitrogen and oxygen atoms in total. The zero-order chi connectivity index (χ0) is 17.4. The number of hydrogen-bond acceptors (Lipinski definition) is 3. The summed E-state index contributed by atoms with van der Waals surface area (Å²) >= 11 is 0. The quantitative estimate of drug-likeness (QED) is 0.375. The molecule has 9 heteroatoms. The van der Waals surface area contributed by atoms with Crippen molar-refractivity contribution >= 4 is 29.9 Å². The molecule has 0 aliphatic rings. The molecule has 0 saturated heterocycles. The number of benzene rings is 1. The van der Waals surface area contributed by atoms with E-state index < -0.39 is 11.6 Å². The molecule has 2 aromatic rings. The number of guanidine groups is 1. The molecule has 2 N–H and O–H groups in total. The lowest BCUT2D eigenvalue weighted by molar-refractivity contribution is 0.582. The van der Waals surface area contributed by atoms with Crippen LogP contribution in [0.15, 0.2) is 29.5 Å². The molecule has 138 valence electrons. The highest BCUT2D eigenvalue weighted by Crippen LogP contribution is 2.09. The maximum atomic E-state index is 13.6. The summed E-state index contributed by atoms with van der Waals surface area (Å²) < 4.78 is 28.7. The second-order valence-electron chi connectivity index (χ2n) is 5.21. The van der Waals surface area contributed by atoms with Crippen LogP contribution < -0.4 is 10.6 Å². The van der Waals surface area contributed by atoms with E-state index in [2.05, 4.69) is 25.8 Å². The van der Waals surface area contributed by atoms with Crippen LogP contribution in [0.1, 0.15) is 18.3 Å². The normalized spacial score (nSPS) is 11.1. The molecule has 0 saturated carbocycles. The number of hydrogen-bond donors (Lipinski definition) is 2. The van der Waals surface area contributed by atoms with Gasteiger partial charge in [0.15, 0.2) is 5.96 Å². The number of aryl methyl sites for hydroxylation is 1. The van der Waals surface area contributed by atoms with Crippen molar-refractivity contribution in [3.63, 3.8) is 0 Å². The van der Waals surface area contributed by atoms with Crippen molar-refractivity contribution in [1.82, 2.24) is 25.4 Å². The Hall–Kier alpha value is -1.78. The largest absolute Gasteiger partial charge is 0.356 e. The minimum atomic E-state index is -0.436. The molecule has 0 atom stereocenters. The molecule has 25 heavy (non-hydrogen) atoms. The first-order chi connectivity index (χ1) is 11.6. The molecular formula is C16H23F2IN6. The molecule has 1 aromatic heterocycles. The fraction of sp³-hybridized carbons (Fsp3) is 0.438. The Morgan fingerprint density at radius 3 is 2.72 bits per heavy atom. The molecule has 1 aromatic carbocycles. The maximum absolute atomic E-state index is 13.6. The SMILES string of the molecule is CCc1nncn1CCNC(=NC)NCCc1cc(F)ccc1F.I. The maximum Gasteiger partial charge on any atom is 0.191 e. The number of nitrogens with one attached hydrogen (secondary N) is 2. The van der Waals surface area contributed by atoms with Gasteiger partial charge in [-0.15, -0.1) is 34.2 Å². The average molecular weight is 464 g/mol. The summed E-state index contributed by atoms with van der Waals surface area (Å²) in [5.74, 6) is 0.703. The van der Waals surface area contributed by atoms with Gasteiger partial charge in [-0.05, 0) is 30.2 Å². The lowest BCUT2D eigenvalue weighted by Gasteiger charge is -2.13. The van der Waals surface area contributed by atoms with Gasteiger partial charge in [-0.2, -0.15) is 0 Å². The first-order valence-electron chi connectivity index (χ1n) is 7.89. The van der Waals surface area contributed by atoms with E-state index in [0.29, 0.717) is 31.0 Å². The van der Waals surface area contributed by atoms with E-state index in [1.54, 1.807) is 13.4 Å². The molecule has 1 heterocycles. The highest BCUT2D eigenvalue weighted by Gasteiger charge is 2.05. The molecule has 0 unspecified atom stereocenters.